The van der Waals surface area contributed by atoms with Crippen molar-refractivity contribution in [2.45, 2.75) is 35.5 Å². The Kier molecular flexibility index (Phi) is 8.51. The van der Waals surface area contributed by atoms with Crippen LogP contribution in [0.1, 0.15) is 42.5 Å². The molecule has 1 aliphatic carbocycles. The van der Waals surface area contributed by atoms with E-state index in [0.717, 1.165) is 51.0 Å². The van der Waals surface area contributed by atoms with Gasteiger partial charge in [-0.15, -0.1) is 0 Å². The van der Waals surface area contributed by atoms with E-state index in [1.54, 1.807) is 0 Å². The molecule has 12 rings (SSSR count). The highest BCUT2D eigenvalue weighted by molar-refractivity contribution is 7.99. The van der Waals surface area contributed by atoms with Gasteiger partial charge in [0.05, 0.1) is 33.5 Å². The van der Waals surface area contributed by atoms with E-state index in [4.69, 9.17) is 9.97 Å². The molecular formula is C58H41N3S. The summed E-state index contributed by atoms with van der Waals surface area (Å²) in [6, 6.07) is 68.3. The van der Waals surface area contributed by atoms with E-state index in [1.165, 1.54) is 65.0 Å². The summed E-state index contributed by atoms with van der Waals surface area (Å²) in [7, 11) is 0. The molecule has 0 N–H and O–H groups in total. The Morgan fingerprint density at radius 1 is 0.516 bits per heavy atom. The Morgan fingerprint density at radius 2 is 1.15 bits per heavy atom. The van der Waals surface area contributed by atoms with Crippen LogP contribution in [-0.2, 0) is 5.41 Å². The summed E-state index contributed by atoms with van der Waals surface area (Å²) in [5, 5.41) is 4.74. The van der Waals surface area contributed by atoms with Crippen LogP contribution >= 0.6 is 11.8 Å². The highest BCUT2D eigenvalue weighted by Crippen LogP contribution is 2.62. The van der Waals surface area contributed by atoms with E-state index in [1.807, 2.05) is 23.9 Å². The molecule has 3 heterocycles. The first-order chi connectivity index (χ1) is 30.6. The second-order valence-corrected chi connectivity index (χ2v) is 17.4. The summed E-state index contributed by atoms with van der Waals surface area (Å²) < 4.78 is 2.49. The average molecular weight is 812 g/mol. The maximum atomic E-state index is 5.26. The van der Waals surface area contributed by atoms with E-state index in [2.05, 4.69) is 206 Å². The molecule has 8 aromatic carbocycles. The van der Waals surface area contributed by atoms with Crippen LogP contribution in [0.3, 0.4) is 0 Å². The van der Waals surface area contributed by atoms with Crippen molar-refractivity contribution in [3.63, 3.8) is 0 Å². The molecule has 0 radical (unpaired) electrons. The summed E-state index contributed by atoms with van der Waals surface area (Å²) in [5.41, 5.74) is 16.1. The quantitative estimate of drug-likeness (QED) is 0.168. The zero-order valence-electron chi connectivity index (χ0n) is 34.5. The first-order valence-corrected chi connectivity index (χ1v) is 22.3. The number of para-hydroxylation sites is 1. The third-order valence-electron chi connectivity index (χ3n) is 13.0. The van der Waals surface area contributed by atoms with Gasteiger partial charge in [-0.1, -0.05) is 176 Å². The number of hydrogen-bond acceptors (Lipinski definition) is 3. The van der Waals surface area contributed by atoms with Gasteiger partial charge < -0.3 is 4.57 Å². The molecule has 4 heteroatoms. The summed E-state index contributed by atoms with van der Waals surface area (Å²) in [4.78, 5) is 13.1. The highest BCUT2D eigenvalue weighted by Gasteiger charge is 2.50. The van der Waals surface area contributed by atoms with E-state index in [0.29, 0.717) is 5.82 Å². The number of fused-ring (bicyclic) bond motifs is 10. The molecule has 1 spiro atoms. The van der Waals surface area contributed by atoms with Gasteiger partial charge in [0.2, 0.25) is 0 Å². The van der Waals surface area contributed by atoms with Crippen molar-refractivity contribution >= 4 is 49.9 Å². The van der Waals surface area contributed by atoms with Crippen molar-refractivity contribution in [3.8, 4) is 39.6 Å². The smallest absolute Gasteiger partial charge is 0.161 e. The Morgan fingerprint density at radius 3 is 1.89 bits per heavy atom. The summed E-state index contributed by atoms with van der Waals surface area (Å²) >= 11 is 1.90. The van der Waals surface area contributed by atoms with Crippen LogP contribution in [0, 0.1) is 0 Å². The lowest BCUT2D eigenvalue weighted by Crippen LogP contribution is -2.32. The van der Waals surface area contributed by atoms with E-state index < -0.39 is 5.41 Å². The van der Waals surface area contributed by atoms with Crippen LogP contribution < -0.4 is 0 Å². The number of aromatic nitrogens is 3. The fourth-order valence-corrected chi connectivity index (χ4v) is 11.5. The van der Waals surface area contributed by atoms with Crippen molar-refractivity contribution in [1.29, 1.82) is 0 Å². The van der Waals surface area contributed by atoms with Crippen LogP contribution in [0.25, 0.3) is 77.7 Å². The topological polar surface area (TPSA) is 30.7 Å². The van der Waals surface area contributed by atoms with Crippen molar-refractivity contribution in [2.24, 2.45) is 0 Å². The lowest BCUT2D eigenvalue weighted by Gasteiger charge is -2.40. The Bertz CT molecular complexity index is 3430. The van der Waals surface area contributed by atoms with E-state index >= 15 is 0 Å². The summed E-state index contributed by atoms with van der Waals surface area (Å²) in [6.45, 7) is 4.54. The van der Waals surface area contributed by atoms with Crippen LogP contribution in [0.2, 0.25) is 0 Å². The van der Waals surface area contributed by atoms with Gasteiger partial charge >= 0.3 is 0 Å². The summed E-state index contributed by atoms with van der Waals surface area (Å²) in [6.07, 6.45) is 5.72. The molecule has 0 fully saturated rings. The third kappa shape index (κ3) is 5.39. The monoisotopic (exact) mass is 811 g/mol. The standard InChI is InChI=1S/C58H41N3S/c1-3-4-27-46-37(2)40-23-13-15-28-47(40)58(46)48-29-16-18-31-55(48)62-56-36-54-45(34-49(56)58)43-26-14-17-30-52(43)61(54)53-33-32-44(41-24-11-12-25-42(41)53)57-59-50(38-19-7-5-8-20-38)35-51(60-57)39-21-9-6-10-22-39/h4-36H,3H2,1-2H3/b27-4-. The molecule has 62 heavy (non-hydrogen) atoms. The minimum atomic E-state index is -0.442. The number of rotatable bonds is 6. The lowest BCUT2D eigenvalue weighted by molar-refractivity contribution is 0.717. The molecule has 1 aliphatic heterocycles. The highest BCUT2D eigenvalue weighted by atomic mass is 32.2. The van der Waals surface area contributed by atoms with Gasteiger partial charge in [0.1, 0.15) is 0 Å². The van der Waals surface area contributed by atoms with Crippen LogP contribution in [0.4, 0.5) is 0 Å². The van der Waals surface area contributed by atoms with Gasteiger partial charge in [-0.3, -0.25) is 0 Å². The number of benzene rings is 8. The first-order valence-electron chi connectivity index (χ1n) is 21.5. The second kappa shape index (κ2) is 14.4. The maximum Gasteiger partial charge on any atom is 0.161 e. The van der Waals surface area contributed by atoms with Gasteiger partial charge in [-0.25, -0.2) is 9.97 Å². The molecule has 10 aromatic rings. The SMILES string of the molecule is CC/C=C\C1=C(C)c2ccccc2C12c1ccccc1Sc1cc3c(cc12)c1ccccc1n3-c1ccc(-c2nc(-c3ccccc3)cc(-c3ccccc3)n2)c2ccccc12. The van der Waals surface area contributed by atoms with Crippen molar-refractivity contribution < 1.29 is 0 Å². The molecule has 2 aromatic heterocycles. The largest absolute Gasteiger partial charge is 0.309 e. The van der Waals surface area contributed by atoms with Crippen molar-refractivity contribution in [2.75, 3.05) is 0 Å². The van der Waals surface area contributed by atoms with Crippen LogP contribution in [-0.4, -0.2) is 14.5 Å². The van der Waals surface area contributed by atoms with Gasteiger partial charge in [-0.05, 0) is 94.6 Å². The Hall–Kier alpha value is -7.27. The molecule has 1 unspecified atom stereocenters. The van der Waals surface area contributed by atoms with Crippen LogP contribution in [0.15, 0.2) is 216 Å². The Labute approximate surface area is 365 Å². The van der Waals surface area contributed by atoms with Crippen molar-refractivity contribution in [1.82, 2.24) is 14.5 Å². The molecule has 3 nitrogen and oxygen atoms in total. The number of allylic oxidation sites excluding steroid dienone is 4. The molecule has 0 saturated carbocycles. The molecule has 1 atom stereocenters. The minimum Gasteiger partial charge on any atom is -0.309 e. The van der Waals surface area contributed by atoms with Crippen LogP contribution in [0.5, 0.6) is 0 Å². The zero-order chi connectivity index (χ0) is 41.4. The van der Waals surface area contributed by atoms with E-state index in [-0.39, 0.29) is 0 Å². The van der Waals surface area contributed by atoms with Crippen molar-refractivity contribution in [3.05, 3.63) is 228 Å². The Balaban J connectivity index is 1.11. The maximum absolute atomic E-state index is 5.26. The first kappa shape index (κ1) is 36.6. The van der Waals surface area contributed by atoms with Gasteiger partial charge in [0.15, 0.2) is 5.82 Å². The average Bonchev–Trinajstić information content (AvgIpc) is 3.78. The number of nitrogens with zero attached hydrogens (tertiary/aromatic N) is 3. The lowest BCUT2D eigenvalue weighted by atomic mass is 9.66. The fraction of sp³-hybridized carbons (Fsp3) is 0.0690. The predicted octanol–water partition coefficient (Wildman–Crippen LogP) is 15.3. The second-order valence-electron chi connectivity index (χ2n) is 16.3. The number of hydrogen-bond donors (Lipinski definition) is 0. The van der Waals surface area contributed by atoms with Gasteiger partial charge in [-0.2, -0.15) is 0 Å². The molecular weight excluding hydrogens is 771 g/mol. The molecule has 0 bridgehead atoms. The predicted molar refractivity (Wildman–Crippen MR) is 259 cm³/mol. The van der Waals surface area contributed by atoms with Gasteiger partial charge in [0, 0.05) is 42.6 Å². The third-order valence-corrected chi connectivity index (χ3v) is 14.1. The zero-order valence-corrected chi connectivity index (χ0v) is 35.3. The molecule has 2 aliphatic rings. The summed E-state index contributed by atoms with van der Waals surface area (Å²) in [5.74, 6) is 0.706. The molecule has 0 amide bonds. The van der Waals surface area contributed by atoms with E-state index in [9.17, 15) is 0 Å². The normalized spacial score (nSPS) is 15.5. The van der Waals surface area contributed by atoms with Gasteiger partial charge in [0.25, 0.3) is 0 Å². The fourth-order valence-electron chi connectivity index (χ4n) is 10.3. The molecule has 0 saturated heterocycles. The minimum absolute atomic E-state index is 0.442. The molecule has 294 valence electrons.